The van der Waals surface area contributed by atoms with Gasteiger partial charge in [0, 0.05) is 12.0 Å². The molecule has 3 N–H and O–H groups in total. The molecule has 2 unspecified atom stereocenters. The monoisotopic (exact) mass is 274 g/mol. The molecular formula is C13H26N2O2S. The van der Waals surface area contributed by atoms with Crippen LogP contribution in [-0.4, -0.2) is 36.3 Å². The third kappa shape index (κ3) is 4.69. The van der Waals surface area contributed by atoms with Crippen LogP contribution in [-0.2, 0) is 4.74 Å². The first-order valence-electron chi connectivity index (χ1n) is 6.51. The molecule has 1 aliphatic rings. The second-order valence-corrected chi connectivity index (χ2v) is 7.42. The lowest BCUT2D eigenvalue weighted by Gasteiger charge is -2.34. The van der Waals surface area contributed by atoms with Crippen molar-refractivity contribution in [3.63, 3.8) is 0 Å². The van der Waals surface area contributed by atoms with E-state index in [0.29, 0.717) is 19.0 Å². The number of nitrogens with two attached hydrogens (primary N) is 1. The number of rotatable bonds is 4. The molecule has 1 rings (SSSR count). The van der Waals surface area contributed by atoms with Crippen LogP contribution in [0, 0.1) is 11.3 Å². The van der Waals surface area contributed by atoms with Crippen molar-refractivity contribution < 1.29 is 9.53 Å². The summed E-state index contributed by atoms with van der Waals surface area (Å²) in [6, 6.07) is 0. The van der Waals surface area contributed by atoms with Gasteiger partial charge in [0.25, 0.3) is 0 Å². The Morgan fingerprint density at radius 1 is 1.44 bits per heavy atom. The highest BCUT2D eigenvalue weighted by molar-refractivity contribution is 7.99. The SMILES string of the molecule is CC(C)(C)OC(=O)NCC(C)(CN)C1CCSC1. The van der Waals surface area contributed by atoms with E-state index in [2.05, 4.69) is 12.2 Å². The van der Waals surface area contributed by atoms with Gasteiger partial charge < -0.3 is 15.8 Å². The molecule has 1 saturated heterocycles. The van der Waals surface area contributed by atoms with Gasteiger partial charge in [-0.2, -0.15) is 11.8 Å². The van der Waals surface area contributed by atoms with Crippen molar-refractivity contribution in [2.75, 3.05) is 24.6 Å². The van der Waals surface area contributed by atoms with Gasteiger partial charge >= 0.3 is 6.09 Å². The average Bonchev–Trinajstić information content (AvgIpc) is 2.77. The highest BCUT2D eigenvalue weighted by Gasteiger charge is 2.35. The summed E-state index contributed by atoms with van der Waals surface area (Å²) in [5, 5.41) is 2.86. The second-order valence-electron chi connectivity index (χ2n) is 6.27. The molecule has 0 radical (unpaired) electrons. The van der Waals surface area contributed by atoms with Crippen LogP contribution >= 0.6 is 11.8 Å². The van der Waals surface area contributed by atoms with Crippen LogP contribution in [0.5, 0.6) is 0 Å². The fourth-order valence-electron chi connectivity index (χ4n) is 2.06. The van der Waals surface area contributed by atoms with E-state index in [9.17, 15) is 4.79 Å². The van der Waals surface area contributed by atoms with Crippen molar-refractivity contribution >= 4 is 17.9 Å². The molecule has 1 amide bonds. The van der Waals surface area contributed by atoms with Gasteiger partial charge in [-0.3, -0.25) is 0 Å². The van der Waals surface area contributed by atoms with Crippen molar-refractivity contribution in [3.05, 3.63) is 0 Å². The van der Waals surface area contributed by atoms with Gasteiger partial charge in [-0.15, -0.1) is 0 Å². The van der Waals surface area contributed by atoms with Crippen molar-refractivity contribution in [2.24, 2.45) is 17.1 Å². The number of amides is 1. The quantitative estimate of drug-likeness (QED) is 0.825. The zero-order chi connectivity index (χ0) is 13.8. The van der Waals surface area contributed by atoms with E-state index in [1.807, 2.05) is 32.5 Å². The third-order valence-electron chi connectivity index (χ3n) is 3.42. The molecule has 1 fully saturated rings. The van der Waals surface area contributed by atoms with E-state index in [4.69, 9.17) is 10.5 Å². The Morgan fingerprint density at radius 2 is 2.11 bits per heavy atom. The highest BCUT2D eigenvalue weighted by atomic mass is 32.2. The fraction of sp³-hybridized carbons (Fsp3) is 0.923. The molecule has 0 aromatic heterocycles. The van der Waals surface area contributed by atoms with Crippen LogP contribution in [0.15, 0.2) is 0 Å². The van der Waals surface area contributed by atoms with Crippen LogP contribution in [0.2, 0.25) is 0 Å². The molecule has 18 heavy (non-hydrogen) atoms. The summed E-state index contributed by atoms with van der Waals surface area (Å²) in [6.07, 6.45) is 0.835. The van der Waals surface area contributed by atoms with E-state index in [-0.39, 0.29) is 11.5 Å². The summed E-state index contributed by atoms with van der Waals surface area (Å²) in [5.41, 5.74) is 5.42. The van der Waals surface area contributed by atoms with E-state index >= 15 is 0 Å². The van der Waals surface area contributed by atoms with Crippen molar-refractivity contribution in [2.45, 2.75) is 39.7 Å². The van der Waals surface area contributed by atoms with E-state index in [1.165, 1.54) is 12.2 Å². The number of hydrogen-bond acceptors (Lipinski definition) is 4. The first-order chi connectivity index (χ1) is 8.27. The van der Waals surface area contributed by atoms with Gasteiger partial charge in [0.15, 0.2) is 0 Å². The largest absolute Gasteiger partial charge is 0.444 e. The Labute approximate surface area is 114 Å². The molecule has 0 aliphatic carbocycles. The Bertz CT molecular complexity index is 285. The van der Waals surface area contributed by atoms with E-state index < -0.39 is 5.60 Å². The lowest BCUT2D eigenvalue weighted by Crippen LogP contribution is -2.46. The maximum atomic E-state index is 11.7. The predicted octanol–water partition coefficient (Wildman–Crippen LogP) is 2.23. The minimum absolute atomic E-state index is 0.0274. The van der Waals surface area contributed by atoms with Gasteiger partial charge in [0.1, 0.15) is 5.60 Å². The van der Waals surface area contributed by atoms with Gasteiger partial charge in [0.05, 0.1) is 0 Å². The second kappa shape index (κ2) is 6.15. The number of carbonyl (C=O) groups excluding carboxylic acids is 1. The van der Waals surface area contributed by atoms with Crippen molar-refractivity contribution in [3.8, 4) is 0 Å². The Kier molecular flexibility index (Phi) is 5.34. The molecule has 0 spiro atoms. The van der Waals surface area contributed by atoms with Crippen LogP contribution < -0.4 is 11.1 Å². The Balaban J connectivity index is 2.46. The van der Waals surface area contributed by atoms with Crippen LogP contribution in [0.3, 0.4) is 0 Å². The molecule has 4 nitrogen and oxygen atoms in total. The zero-order valence-electron chi connectivity index (χ0n) is 11.9. The fourth-order valence-corrected chi connectivity index (χ4v) is 3.53. The molecule has 1 heterocycles. The first kappa shape index (κ1) is 15.6. The summed E-state index contributed by atoms with van der Waals surface area (Å²) in [4.78, 5) is 11.7. The summed E-state index contributed by atoms with van der Waals surface area (Å²) in [7, 11) is 0. The lowest BCUT2D eigenvalue weighted by molar-refractivity contribution is 0.0489. The van der Waals surface area contributed by atoms with Crippen LogP contribution in [0.1, 0.15) is 34.1 Å². The van der Waals surface area contributed by atoms with Gasteiger partial charge in [-0.25, -0.2) is 4.79 Å². The topological polar surface area (TPSA) is 64.3 Å². The predicted molar refractivity (Wildman–Crippen MR) is 76.8 cm³/mol. The number of thioether (sulfide) groups is 1. The highest BCUT2D eigenvalue weighted by Crippen LogP contribution is 2.37. The summed E-state index contributed by atoms with van der Waals surface area (Å²) in [5.74, 6) is 2.93. The normalized spacial score (nSPS) is 23.5. The van der Waals surface area contributed by atoms with E-state index in [0.717, 1.165) is 5.75 Å². The maximum Gasteiger partial charge on any atom is 0.407 e. The summed E-state index contributed by atoms with van der Waals surface area (Å²) < 4.78 is 5.24. The number of carbonyl (C=O) groups is 1. The number of ether oxygens (including phenoxy) is 1. The lowest BCUT2D eigenvalue weighted by atomic mass is 9.76. The summed E-state index contributed by atoms with van der Waals surface area (Å²) >= 11 is 1.97. The first-order valence-corrected chi connectivity index (χ1v) is 7.67. The Morgan fingerprint density at radius 3 is 2.56 bits per heavy atom. The molecule has 0 aromatic carbocycles. The Hall–Kier alpha value is -0.420. The average molecular weight is 274 g/mol. The van der Waals surface area contributed by atoms with Gasteiger partial charge in [0.2, 0.25) is 0 Å². The van der Waals surface area contributed by atoms with E-state index in [1.54, 1.807) is 0 Å². The molecule has 2 atom stereocenters. The third-order valence-corrected chi connectivity index (χ3v) is 4.58. The standard InChI is InChI=1S/C13H26N2O2S/c1-12(2,3)17-11(16)15-9-13(4,8-14)10-5-6-18-7-10/h10H,5-9,14H2,1-4H3,(H,15,16). The minimum Gasteiger partial charge on any atom is -0.444 e. The molecule has 0 saturated carbocycles. The molecule has 0 aromatic rings. The number of alkyl carbamates (subject to hydrolysis) is 1. The molecule has 0 bridgehead atoms. The van der Waals surface area contributed by atoms with Crippen LogP contribution in [0.25, 0.3) is 0 Å². The number of hydrogen-bond donors (Lipinski definition) is 2. The molecular weight excluding hydrogens is 248 g/mol. The van der Waals surface area contributed by atoms with Crippen molar-refractivity contribution in [1.82, 2.24) is 5.32 Å². The van der Waals surface area contributed by atoms with Crippen LogP contribution in [0.4, 0.5) is 4.79 Å². The molecule has 106 valence electrons. The maximum absolute atomic E-state index is 11.7. The molecule has 1 aliphatic heterocycles. The number of nitrogens with one attached hydrogen (secondary N) is 1. The summed E-state index contributed by atoms with van der Waals surface area (Å²) in [6.45, 7) is 8.92. The smallest absolute Gasteiger partial charge is 0.407 e. The molecule has 5 heteroatoms. The zero-order valence-corrected chi connectivity index (χ0v) is 12.7. The van der Waals surface area contributed by atoms with Gasteiger partial charge in [-0.1, -0.05) is 6.92 Å². The van der Waals surface area contributed by atoms with Crippen molar-refractivity contribution in [1.29, 1.82) is 0 Å². The van der Waals surface area contributed by atoms with Gasteiger partial charge in [-0.05, 0) is 51.2 Å². The minimum atomic E-state index is -0.452.